The van der Waals surface area contributed by atoms with Crippen LogP contribution in [0.25, 0.3) is 0 Å². The third kappa shape index (κ3) is 5.33. The zero-order valence-electron chi connectivity index (χ0n) is 12.6. The van der Waals surface area contributed by atoms with Crippen LogP contribution in [-0.4, -0.2) is 68.8 Å². The molecule has 0 aromatic carbocycles. The highest BCUT2D eigenvalue weighted by atomic mass is 16.5. The summed E-state index contributed by atoms with van der Waals surface area (Å²) in [6.07, 6.45) is 2.27. The van der Waals surface area contributed by atoms with Crippen molar-refractivity contribution in [1.82, 2.24) is 20.4 Å². The third-order valence-electron chi connectivity index (χ3n) is 3.34. The van der Waals surface area contributed by atoms with Crippen LogP contribution in [0.4, 0.5) is 0 Å². The van der Waals surface area contributed by atoms with Crippen LogP contribution in [0.2, 0.25) is 0 Å². The molecule has 0 atom stereocenters. The monoisotopic (exact) mass is 326 g/mol. The zero-order valence-corrected chi connectivity index (χ0v) is 12.6. The molecule has 3 rings (SSSR count). The number of aliphatic carboxylic acids is 2. The highest BCUT2D eigenvalue weighted by Crippen LogP contribution is 2.25. The van der Waals surface area contributed by atoms with Gasteiger partial charge in [-0.15, -0.1) is 0 Å². The molecule has 0 unspecified atom stereocenters. The first kappa shape index (κ1) is 16.9. The van der Waals surface area contributed by atoms with Crippen molar-refractivity contribution in [2.75, 3.05) is 19.6 Å². The molecule has 10 nitrogen and oxygen atoms in total. The number of rotatable bonds is 4. The Kier molecular flexibility index (Phi) is 5.27. The molecule has 0 bridgehead atoms. The van der Waals surface area contributed by atoms with Crippen LogP contribution in [0, 0.1) is 6.92 Å². The molecule has 3 N–H and O–H groups in total. The lowest BCUT2D eigenvalue weighted by molar-refractivity contribution is -0.159. The lowest BCUT2D eigenvalue weighted by atomic mass is 10.0. The highest BCUT2D eigenvalue weighted by Gasteiger charge is 2.34. The molecule has 1 aromatic heterocycles. The summed E-state index contributed by atoms with van der Waals surface area (Å²) < 4.78 is 5.11. The summed E-state index contributed by atoms with van der Waals surface area (Å²) >= 11 is 0. The second-order valence-electron chi connectivity index (χ2n) is 5.52. The van der Waals surface area contributed by atoms with Crippen molar-refractivity contribution in [2.45, 2.75) is 31.7 Å². The lowest BCUT2D eigenvalue weighted by Gasteiger charge is -2.36. The molecule has 0 spiro atoms. The minimum atomic E-state index is -1.82. The number of carbonyl (C=O) groups is 3. The number of nitrogens with zero attached hydrogens (tertiary/aromatic N) is 3. The van der Waals surface area contributed by atoms with E-state index in [1.54, 1.807) is 0 Å². The fraction of sp³-hybridized carbons (Fsp3) is 0.615. The Hall–Kier alpha value is -2.49. The summed E-state index contributed by atoms with van der Waals surface area (Å²) in [5, 5.41) is 21.5. The fourth-order valence-corrected chi connectivity index (χ4v) is 2.04. The molecule has 0 radical (unpaired) electrons. The van der Waals surface area contributed by atoms with Gasteiger partial charge in [0.05, 0.1) is 12.5 Å². The first-order valence-corrected chi connectivity index (χ1v) is 7.13. The summed E-state index contributed by atoms with van der Waals surface area (Å²) in [7, 11) is 0. The van der Waals surface area contributed by atoms with E-state index in [0.717, 1.165) is 25.9 Å². The van der Waals surface area contributed by atoms with Crippen LogP contribution in [0.5, 0.6) is 0 Å². The Bertz CT molecular complexity index is 579. The van der Waals surface area contributed by atoms with Gasteiger partial charge in [-0.05, 0) is 19.8 Å². The van der Waals surface area contributed by atoms with E-state index < -0.39 is 11.9 Å². The molecule has 1 aliphatic carbocycles. The van der Waals surface area contributed by atoms with Crippen molar-refractivity contribution in [1.29, 1.82) is 0 Å². The predicted octanol–water partition coefficient (Wildman–Crippen LogP) is -0.789. The van der Waals surface area contributed by atoms with E-state index in [-0.39, 0.29) is 5.91 Å². The van der Waals surface area contributed by atoms with E-state index in [1.807, 2.05) is 6.92 Å². The first-order chi connectivity index (χ1) is 10.8. The number of likely N-dealkylation sites (tertiary alicyclic amines) is 1. The van der Waals surface area contributed by atoms with Gasteiger partial charge in [-0.1, -0.05) is 5.16 Å². The molecular weight excluding hydrogens is 308 g/mol. The number of hydrogen-bond acceptors (Lipinski definition) is 7. The Labute approximate surface area is 131 Å². The summed E-state index contributed by atoms with van der Waals surface area (Å²) in [4.78, 5) is 36.0. The Morgan fingerprint density at radius 3 is 2.30 bits per heavy atom. The van der Waals surface area contributed by atoms with Crippen molar-refractivity contribution in [3.05, 3.63) is 11.7 Å². The number of amides is 1. The average Bonchev–Trinajstić information content (AvgIpc) is 3.13. The number of nitrogens with one attached hydrogen (secondary N) is 1. The Morgan fingerprint density at radius 2 is 1.87 bits per heavy atom. The van der Waals surface area contributed by atoms with E-state index in [4.69, 9.17) is 24.3 Å². The largest absolute Gasteiger partial charge is 0.473 e. The second kappa shape index (κ2) is 7.18. The van der Waals surface area contributed by atoms with Crippen molar-refractivity contribution in [3.8, 4) is 0 Å². The molecule has 23 heavy (non-hydrogen) atoms. The molecule has 1 saturated carbocycles. The van der Waals surface area contributed by atoms with Gasteiger partial charge >= 0.3 is 11.9 Å². The molecule has 2 fully saturated rings. The molecule has 2 aliphatic rings. The van der Waals surface area contributed by atoms with Crippen molar-refractivity contribution in [3.63, 3.8) is 0 Å². The van der Waals surface area contributed by atoms with Gasteiger partial charge in [0.15, 0.2) is 5.82 Å². The number of carboxylic acid groups (broad SMARTS) is 2. The Morgan fingerprint density at radius 1 is 1.26 bits per heavy atom. The maximum atomic E-state index is 11.5. The number of carboxylic acids is 2. The van der Waals surface area contributed by atoms with Crippen LogP contribution >= 0.6 is 0 Å². The quantitative estimate of drug-likeness (QED) is 0.606. The number of carbonyl (C=O) groups excluding carboxylic acids is 1. The molecule has 1 saturated heterocycles. The maximum Gasteiger partial charge on any atom is 0.414 e. The van der Waals surface area contributed by atoms with Crippen LogP contribution in [0.15, 0.2) is 4.52 Å². The van der Waals surface area contributed by atoms with E-state index in [0.29, 0.717) is 30.2 Å². The average molecular weight is 326 g/mol. The van der Waals surface area contributed by atoms with Crippen LogP contribution < -0.4 is 5.32 Å². The van der Waals surface area contributed by atoms with Gasteiger partial charge in [0.1, 0.15) is 0 Å². The van der Waals surface area contributed by atoms with Gasteiger partial charge in [0.2, 0.25) is 11.8 Å². The van der Waals surface area contributed by atoms with Gasteiger partial charge in [-0.25, -0.2) is 9.59 Å². The van der Waals surface area contributed by atoms with E-state index in [1.165, 1.54) is 0 Å². The molecule has 126 valence electrons. The molecule has 1 amide bonds. The molecule has 1 aromatic rings. The molecular formula is C13H18N4O6. The summed E-state index contributed by atoms with van der Waals surface area (Å²) in [6, 6.07) is 0.443. The first-order valence-electron chi connectivity index (χ1n) is 7.13. The summed E-state index contributed by atoms with van der Waals surface area (Å²) in [5.41, 5.74) is 0. The normalized spacial score (nSPS) is 17.6. The van der Waals surface area contributed by atoms with Gasteiger partial charge in [0.25, 0.3) is 0 Å². The zero-order chi connectivity index (χ0) is 17.0. The molecule has 10 heteroatoms. The van der Waals surface area contributed by atoms with Gasteiger partial charge in [0, 0.05) is 19.1 Å². The Balaban J connectivity index is 0.000000277. The standard InChI is InChI=1S/C11H16N4O2.C2H2O4/c1-7-12-11(17-14-7)8-4-15(5-8)6-10(16)13-9-2-3-9;3-1(4)2(5)6/h8-9H,2-6H2,1H3,(H,13,16);(H,3,4)(H,5,6). The number of aryl methyl sites for hydroxylation is 1. The SMILES string of the molecule is Cc1noc(C2CN(CC(=O)NC3CC3)C2)n1.O=C(O)C(=O)O. The van der Waals surface area contributed by atoms with Crippen LogP contribution in [0.1, 0.15) is 30.5 Å². The van der Waals surface area contributed by atoms with Crippen molar-refractivity contribution in [2.24, 2.45) is 0 Å². The van der Waals surface area contributed by atoms with Gasteiger partial charge < -0.3 is 20.1 Å². The number of aromatic nitrogens is 2. The molecule has 1 aliphatic heterocycles. The summed E-state index contributed by atoms with van der Waals surface area (Å²) in [6.45, 7) is 3.96. The van der Waals surface area contributed by atoms with E-state index in [2.05, 4.69) is 20.4 Å². The number of hydrogen-bond donors (Lipinski definition) is 3. The topological polar surface area (TPSA) is 146 Å². The van der Waals surface area contributed by atoms with E-state index in [9.17, 15) is 4.79 Å². The van der Waals surface area contributed by atoms with Crippen molar-refractivity contribution < 1.29 is 29.1 Å². The second-order valence-corrected chi connectivity index (χ2v) is 5.52. The van der Waals surface area contributed by atoms with Gasteiger partial charge in [-0.3, -0.25) is 9.69 Å². The van der Waals surface area contributed by atoms with Crippen LogP contribution in [-0.2, 0) is 14.4 Å². The smallest absolute Gasteiger partial charge is 0.414 e. The molecule has 2 heterocycles. The minimum Gasteiger partial charge on any atom is -0.473 e. The minimum absolute atomic E-state index is 0.132. The predicted molar refractivity (Wildman–Crippen MR) is 74.7 cm³/mol. The summed E-state index contributed by atoms with van der Waals surface area (Å²) in [5.74, 6) is -1.85. The van der Waals surface area contributed by atoms with Crippen molar-refractivity contribution >= 4 is 17.8 Å². The highest BCUT2D eigenvalue weighted by molar-refractivity contribution is 6.27. The van der Waals surface area contributed by atoms with Crippen LogP contribution in [0.3, 0.4) is 0 Å². The third-order valence-corrected chi connectivity index (χ3v) is 3.34. The fourth-order valence-electron chi connectivity index (χ4n) is 2.04. The lowest BCUT2D eigenvalue weighted by Crippen LogP contribution is -2.49. The maximum absolute atomic E-state index is 11.5. The van der Waals surface area contributed by atoms with Gasteiger partial charge in [-0.2, -0.15) is 4.98 Å². The van der Waals surface area contributed by atoms with E-state index >= 15 is 0 Å².